The maximum atomic E-state index is 12.5. The number of hydrogen-bond donors (Lipinski definition) is 0. The molecule has 0 fully saturated rings. The molecule has 0 aliphatic heterocycles. The molecule has 3 heteroatoms. The summed E-state index contributed by atoms with van der Waals surface area (Å²) in [4.78, 5) is 17.0. The van der Waals surface area contributed by atoms with Gasteiger partial charge in [-0.3, -0.25) is 4.99 Å². The first-order chi connectivity index (χ1) is 13.8. The van der Waals surface area contributed by atoms with Crippen molar-refractivity contribution in [1.29, 1.82) is 0 Å². The molecule has 0 spiro atoms. The number of nitrogens with zero attached hydrogens (tertiary/aromatic N) is 1. The fourth-order valence-electron chi connectivity index (χ4n) is 3.23. The van der Waals surface area contributed by atoms with E-state index in [1.165, 1.54) is 44.9 Å². The first-order valence-corrected chi connectivity index (χ1v) is 11.5. The quantitative estimate of drug-likeness (QED) is 0.165. The van der Waals surface area contributed by atoms with Crippen LogP contribution in [0.25, 0.3) is 0 Å². The molecule has 28 heavy (non-hydrogen) atoms. The van der Waals surface area contributed by atoms with Gasteiger partial charge in [0.05, 0.1) is 6.61 Å². The van der Waals surface area contributed by atoms with E-state index in [0.717, 1.165) is 37.7 Å². The molecular weight excluding hydrogens is 346 g/mol. The van der Waals surface area contributed by atoms with Crippen molar-refractivity contribution in [2.75, 3.05) is 6.61 Å². The van der Waals surface area contributed by atoms with Gasteiger partial charge >= 0.3 is 5.97 Å². The third-order valence-corrected chi connectivity index (χ3v) is 5.01. The second kappa shape index (κ2) is 17.5. The third-order valence-electron chi connectivity index (χ3n) is 5.01. The van der Waals surface area contributed by atoms with Crippen molar-refractivity contribution in [1.82, 2.24) is 0 Å². The van der Waals surface area contributed by atoms with Crippen LogP contribution in [-0.2, 0) is 16.0 Å². The molecule has 1 rings (SSSR count). The number of benzene rings is 1. The number of hydrogen-bond acceptors (Lipinski definition) is 3. The van der Waals surface area contributed by atoms with Crippen molar-refractivity contribution < 1.29 is 9.53 Å². The summed E-state index contributed by atoms with van der Waals surface area (Å²) in [5, 5.41) is 0. The second-order valence-electron chi connectivity index (χ2n) is 7.68. The molecule has 1 aromatic rings. The number of esters is 1. The van der Waals surface area contributed by atoms with Crippen LogP contribution in [0, 0.1) is 0 Å². The topological polar surface area (TPSA) is 38.7 Å². The van der Waals surface area contributed by atoms with Gasteiger partial charge in [0.2, 0.25) is 0 Å². The number of carbonyl (C=O) groups is 1. The monoisotopic (exact) mass is 387 g/mol. The highest BCUT2D eigenvalue weighted by Crippen LogP contribution is 2.11. The lowest BCUT2D eigenvalue weighted by Crippen LogP contribution is -2.24. The van der Waals surface area contributed by atoms with Crippen molar-refractivity contribution in [3.8, 4) is 0 Å². The number of aliphatic imine (C=N–C) groups is 1. The predicted octanol–water partition coefficient (Wildman–Crippen LogP) is 6.93. The zero-order valence-corrected chi connectivity index (χ0v) is 18.2. The normalized spacial score (nSPS) is 12.4. The van der Waals surface area contributed by atoms with Gasteiger partial charge in [-0.1, -0.05) is 102 Å². The van der Waals surface area contributed by atoms with Crippen LogP contribution in [0.1, 0.15) is 96.5 Å². The Morgan fingerprint density at radius 3 is 2.18 bits per heavy atom. The lowest BCUT2D eigenvalue weighted by molar-refractivity contribution is -0.145. The molecule has 0 N–H and O–H groups in total. The standard InChI is InChI=1S/C25H41NO2/c1-3-5-7-8-9-10-11-12-16-20-26-24(22-23-18-14-13-15-19-23)25(27)28-21-17-6-4-2/h13-15,18-20,24H,3-12,16-17,21-22H2,1-2H3/t24-/m0/s1. The van der Waals surface area contributed by atoms with Crippen molar-refractivity contribution in [3.63, 3.8) is 0 Å². The molecule has 0 aliphatic carbocycles. The Hall–Kier alpha value is -1.64. The van der Waals surface area contributed by atoms with E-state index in [1.54, 1.807) is 0 Å². The van der Waals surface area contributed by atoms with Crippen molar-refractivity contribution in [2.24, 2.45) is 4.99 Å². The maximum Gasteiger partial charge on any atom is 0.331 e. The van der Waals surface area contributed by atoms with Gasteiger partial charge in [0.25, 0.3) is 0 Å². The Balaban J connectivity index is 2.35. The van der Waals surface area contributed by atoms with Gasteiger partial charge in [0.15, 0.2) is 6.04 Å². The summed E-state index contributed by atoms with van der Waals surface area (Å²) in [5.74, 6) is -0.188. The lowest BCUT2D eigenvalue weighted by Gasteiger charge is -2.12. The van der Waals surface area contributed by atoms with E-state index in [2.05, 4.69) is 18.8 Å². The molecule has 0 radical (unpaired) electrons. The molecule has 1 atom stereocenters. The van der Waals surface area contributed by atoms with Crippen LogP contribution >= 0.6 is 0 Å². The van der Waals surface area contributed by atoms with Crippen molar-refractivity contribution in [3.05, 3.63) is 35.9 Å². The van der Waals surface area contributed by atoms with E-state index in [0.29, 0.717) is 13.0 Å². The van der Waals surface area contributed by atoms with Gasteiger partial charge in [-0.2, -0.15) is 0 Å². The molecule has 0 saturated carbocycles. The molecule has 0 heterocycles. The van der Waals surface area contributed by atoms with Crippen LogP contribution in [-0.4, -0.2) is 24.8 Å². The Bertz CT molecular complexity index is 513. The largest absolute Gasteiger partial charge is 0.464 e. The van der Waals surface area contributed by atoms with Gasteiger partial charge in [0.1, 0.15) is 0 Å². The zero-order chi connectivity index (χ0) is 20.3. The molecular formula is C25H41NO2. The Labute approximate surface area is 173 Å². The predicted molar refractivity (Wildman–Crippen MR) is 120 cm³/mol. The molecule has 0 aliphatic rings. The summed E-state index contributed by atoms with van der Waals surface area (Å²) in [6.07, 6.45) is 17.1. The van der Waals surface area contributed by atoms with E-state index in [9.17, 15) is 4.79 Å². The summed E-state index contributed by atoms with van der Waals surface area (Å²) in [6, 6.07) is 9.68. The minimum atomic E-state index is -0.418. The van der Waals surface area contributed by atoms with Crippen LogP contribution in [0.15, 0.2) is 35.3 Å². The summed E-state index contributed by atoms with van der Waals surface area (Å²) in [7, 11) is 0. The smallest absolute Gasteiger partial charge is 0.331 e. The summed E-state index contributed by atoms with van der Waals surface area (Å²) in [6.45, 7) is 4.91. The first kappa shape index (κ1) is 24.4. The number of rotatable bonds is 17. The van der Waals surface area contributed by atoms with Gasteiger partial charge in [-0.05, 0) is 31.0 Å². The van der Waals surface area contributed by atoms with E-state index in [1.807, 2.05) is 36.5 Å². The Morgan fingerprint density at radius 1 is 0.893 bits per heavy atom. The van der Waals surface area contributed by atoms with Crippen LogP contribution in [0.2, 0.25) is 0 Å². The molecule has 3 nitrogen and oxygen atoms in total. The van der Waals surface area contributed by atoms with Crippen molar-refractivity contribution >= 4 is 12.2 Å². The fourth-order valence-corrected chi connectivity index (χ4v) is 3.23. The first-order valence-electron chi connectivity index (χ1n) is 11.5. The van der Waals surface area contributed by atoms with Gasteiger partial charge in [-0.25, -0.2) is 4.79 Å². The average Bonchev–Trinajstić information content (AvgIpc) is 2.72. The van der Waals surface area contributed by atoms with Gasteiger partial charge in [0, 0.05) is 6.42 Å². The van der Waals surface area contributed by atoms with E-state index in [-0.39, 0.29) is 5.97 Å². The van der Waals surface area contributed by atoms with E-state index in [4.69, 9.17) is 4.74 Å². The summed E-state index contributed by atoms with van der Waals surface area (Å²) in [5.41, 5.74) is 1.13. The van der Waals surface area contributed by atoms with Gasteiger partial charge < -0.3 is 4.74 Å². The summed E-state index contributed by atoms with van der Waals surface area (Å²) < 4.78 is 5.47. The fraction of sp³-hybridized carbons (Fsp3) is 0.680. The van der Waals surface area contributed by atoms with Crippen molar-refractivity contribution in [2.45, 2.75) is 103 Å². The highest BCUT2D eigenvalue weighted by Gasteiger charge is 2.18. The van der Waals surface area contributed by atoms with Gasteiger partial charge in [-0.15, -0.1) is 0 Å². The average molecular weight is 388 g/mol. The number of ether oxygens (including phenoxy) is 1. The van der Waals surface area contributed by atoms with Crippen LogP contribution < -0.4 is 0 Å². The number of unbranched alkanes of at least 4 members (excludes halogenated alkanes) is 10. The second-order valence-corrected chi connectivity index (χ2v) is 7.68. The Morgan fingerprint density at radius 2 is 1.50 bits per heavy atom. The molecule has 0 bridgehead atoms. The van der Waals surface area contributed by atoms with E-state index < -0.39 is 6.04 Å². The Kier molecular flexibility index (Phi) is 15.2. The minimum Gasteiger partial charge on any atom is -0.464 e. The van der Waals surface area contributed by atoms with E-state index >= 15 is 0 Å². The van der Waals surface area contributed by atoms with Crippen LogP contribution in [0.4, 0.5) is 0 Å². The van der Waals surface area contributed by atoms with Crippen LogP contribution in [0.3, 0.4) is 0 Å². The molecule has 0 unspecified atom stereocenters. The van der Waals surface area contributed by atoms with Crippen LogP contribution in [0.5, 0.6) is 0 Å². The zero-order valence-electron chi connectivity index (χ0n) is 18.2. The SMILES string of the molecule is CCCCCCCCCCC=N[C@@H](Cc1ccccc1)C(=O)OCCCCC. The maximum absolute atomic E-state index is 12.5. The number of carbonyl (C=O) groups excluding carboxylic acids is 1. The molecule has 1 aromatic carbocycles. The third kappa shape index (κ3) is 12.7. The highest BCUT2D eigenvalue weighted by atomic mass is 16.5. The molecule has 158 valence electrons. The highest BCUT2D eigenvalue weighted by molar-refractivity contribution is 5.78. The molecule has 0 aromatic heterocycles. The molecule has 0 amide bonds. The summed E-state index contributed by atoms with van der Waals surface area (Å²) >= 11 is 0. The lowest BCUT2D eigenvalue weighted by atomic mass is 10.1. The minimum absolute atomic E-state index is 0.188. The molecule has 0 saturated heterocycles.